The van der Waals surface area contributed by atoms with Crippen LogP contribution in [0.15, 0.2) is 42.6 Å². The van der Waals surface area contributed by atoms with Crippen molar-refractivity contribution >= 4 is 11.7 Å². The van der Waals surface area contributed by atoms with Gasteiger partial charge in [0.2, 0.25) is 5.91 Å². The molecule has 0 fully saturated rings. The summed E-state index contributed by atoms with van der Waals surface area (Å²) in [7, 11) is 0. The van der Waals surface area contributed by atoms with Crippen molar-refractivity contribution in [1.29, 1.82) is 0 Å². The lowest BCUT2D eigenvalue weighted by molar-refractivity contribution is -0.116. The second-order valence-corrected chi connectivity index (χ2v) is 6.27. The molecule has 0 bridgehead atoms. The lowest BCUT2D eigenvalue weighted by Crippen LogP contribution is -2.16. The first kappa shape index (κ1) is 17.0. The third-order valence-corrected chi connectivity index (χ3v) is 4.16. The number of carbonyl (C=O) groups is 1. The molecule has 1 aromatic carbocycles. The van der Waals surface area contributed by atoms with E-state index < -0.39 is 0 Å². The van der Waals surface area contributed by atoms with Crippen molar-refractivity contribution in [2.75, 3.05) is 5.32 Å². The molecule has 0 radical (unpaired) electrons. The van der Waals surface area contributed by atoms with Gasteiger partial charge in [0.1, 0.15) is 0 Å². The fourth-order valence-electron chi connectivity index (χ4n) is 2.79. The van der Waals surface area contributed by atoms with Crippen molar-refractivity contribution in [2.45, 2.75) is 40.3 Å². The summed E-state index contributed by atoms with van der Waals surface area (Å²) in [5.41, 5.74) is 4.47. The second-order valence-electron chi connectivity index (χ2n) is 6.27. The van der Waals surface area contributed by atoms with E-state index >= 15 is 0 Å². The summed E-state index contributed by atoms with van der Waals surface area (Å²) in [6.07, 6.45) is 2.25. The van der Waals surface area contributed by atoms with Gasteiger partial charge in [-0.05, 0) is 38.0 Å². The van der Waals surface area contributed by atoms with Gasteiger partial charge in [0.15, 0.2) is 5.82 Å². The van der Waals surface area contributed by atoms with Crippen LogP contribution in [0.25, 0.3) is 0 Å². The molecule has 0 spiro atoms. The maximum Gasteiger partial charge on any atom is 0.227 e. The molecule has 6 nitrogen and oxygen atoms in total. The average Bonchev–Trinajstić information content (AvgIpc) is 3.13. The summed E-state index contributed by atoms with van der Waals surface area (Å²) < 4.78 is 3.69. The van der Waals surface area contributed by atoms with Gasteiger partial charge < -0.3 is 5.32 Å². The van der Waals surface area contributed by atoms with Crippen molar-refractivity contribution in [2.24, 2.45) is 0 Å². The van der Waals surface area contributed by atoms with Crippen molar-refractivity contribution in [3.8, 4) is 0 Å². The van der Waals surface area contributed by atoms with Crippen LogP contribution < -0.4 is 5.32 Å². The molecule has 2 heterocycles. The van der Waals surface area contributed by atoms with Crippen LogP contribution in [0.3, 0.4) is 0 Å². The maximum absolute atomic E-state index is 12.1. The van der Waals surface area contributed by atoms with E-state index in [4.69, 9.17) is 0 Å². The molecule has 6 heteroatoms. The number of rotatable bonds is 6. The molecule has 0 atom stereocenters. The Hall–Kier alpha value is -2.89. The van der Waals surface area contributed by atoms with Crippen molar-refractivity contribution in [3.63, 3.8) is 0 Å². The molecule has 1 amide bonds. The molecule has 25 heavy (non-hydrogen) atoms. The van der Waals surface area contributed by atoms with E-state index in [1.807, 2.05) is 53.7 Å². The number of nitrogens with zero attached hydrogens (tertiary/aromatic N) is 4. The first-order valence-corrected chi connectivity index (χ1v) is 8.40. The van der Waals surface area contributed by atoms with Gasteiger partial charge in [0.25, 0.3) is 0 Å². The van der Waals surface area contributed by atoms with E-state index in [1.165, 1.54) is 11.1 Å². The summed E-state index contributed by atoms with van der Waals surface area (Å²) in [6.45, 7) is 7.28. The van der Waals surface area contributed by atoms with E-state index in [0.717, 1.165) is 11.4 Å². The Kier molecular flexibility index (Phi) is 4.97. The van der Waals surface area contributed by atoms with Gasteiger partial charge in [0, 0.05) is 30.9 Å². The zero-order valence-corrected chi connectivity index (χ0v) is 14.9. The van der Waals surface area contributed by atoms with E-state index in [2.05, 4.69) is 34.6 Å². The number of anilines is 1. The van der Waals surface area contributed by atoms with E-state index in [1.54, 1.807) is 0 Å². The molecule has 0 unspecified atom stereocenters. The first-order chi connectivity index (χ1) is 12.0. The van der Waals surface area contributed by atoms with Crippen LogP contribution in [0.5, 0.6) is 0 Å². The fourth-order valence-corrected chi connectivity index (χ4v) is 2.79. The Morgan fingerprint density at radius 2 is 1.92 bits per heavy atom. The van der Waals surface area contributed by atoms with E-state index in [-0.39, 0.29) is 5.91 Å². The second kappa shape index (κ2) is 7.34. The van der Waals surface area contributed by atoms with Gasteiger partial charge >= 0.3 is 0 Å². The molecule has 3 rings (SSSR count). The molecule has 0 aliphatic heterocycles. The third-order valence-electron chi connectivity index (χ3n) is 4.16. The van der Waals surface area contributed by atoms with Gasteiger partial charge in [-0.3, -0.25) is 14.2 Å². The Labute approximate surface area is 147 Å². The van der Waals surface area contributed by atoms with Crippen LogP contribution in [0.1, 0.15) is 28.9 Å². The molecule has 0 aliphatic carbocycles. The largest absolute Gasteiger partial charge is 0.309 e. The van der Waals surface area contributed by atoms with Crippen LogP contribution in [-0.4, -0.2) is 25.5 Å². The fraction of sp³-hybridized carbons (Fsp3) is 0.316. The van der Waals surface area contributed by atoms with Crippen molar-refractivity contribution in [3.05, 3.63) is 65.1 Å². The summed E-state index contributed by atoms with van der Waals surface area (Å²) >= 11 is 0. The van der Waals surface area contributed by atoms with Gasteiger partial charge in [-0.2, -0.15) is 10.2 Å². The van der Waals surface area contributed by atoms with Gasteiger partial charge in [-0.15, -0.1) is 0 Å². The minimum absolute atomic E-state index is 0.0614. The molecule has 2 aromatic heterocycles. The van der Waals surface area contributed by atoms with Crippen LogP contribution in [-0.2, 0) is 17.9 Å². The molecule has 3 aromatic rings. The molecule has 1 N–H and O–H groups in total. The number of aromatic nitrogens is 4. The Bertz CT molecular complexity index is 878. The van der Waals surface area contributed by atoms with Crippen molar-refractivity contribution in [1.82, 2.24) is 19.6 Å². The normalized spacial score (nSPS) is 10.8. The number of benzene rings is 1. The minimum Gasteiger partial charge on any atom is -0.309 e. The lowest BCUT2D eigenvalue weighted by Gasteiger charge is -2.06. The predicted molar refractivity (Wildman–Crippen MR) is 97.5 cm³/mol. The predicted octanol–water partition coefficient (Wildman–Crippen LogP) is 3.08. The molecule has 0 saturated carbocycles. The van der Waals surface area contributed by atoms with Gasteiger partial charge in [-0.25, -0.2) is 0 Å². The molecular weight excluding hydrogens is 314 g/mol. The van der Waals surface area contributed by atoms with Crippen LogP contribution in [0, 0.1) is 20.8 Å². The average molecular weight is 337 g/mol. The summed E-state index contributed by atoms with van der Waals surface area (Å²) in [5, 5.41) is 11.6. The Morgan fingerprint density at radius 3 is 2.64 bits per heavy atom. The quantitative estimate of drug-likeness (QED) is 0.752. The number of aryl methyl sites for hydroxylation is 4. The zero-order chi connectivity index (χ0) is 17.8. The standard InChI is InChI=1S/C19H23N5O/c1-14-6-4-5-7-17(14)13-23-10-8-18(22-23)20-19(25)9-11-24-16(3)12-15(2)21-24/h4-8,10,12H,9,11,13H2,1-3H3,(H,20,22,25). The summed E-state index contributed by atoms with van der Waals surface area (Å²) in [4.78, 5) is 12.1. The Balaban J connectivity index is 1.55. The van der Waals surface area contributed by atoms with Crippen LogP contribution in [0.4, 0.5) is 5.82 Å². The minimum atomic E-state index is -0.0614. The SMILES string of the molecule is Cc1cc(C)n(CCC(=O)Nc2ccn(Cc3ccccc3C)n2)n1. The van der Waals surface area contributed by atoms with Gasteiger partial charge in [-0.1, -0.05) is 24.3 Å². The topological polar surface area (TPSA) is 64.7 Å². The highest BCUT2D eigenvalue weighted by Crippen LogP contribution is 2.11. The number of hydrogen-bond donors (Lipinski definition) is 1. The Morgan fingerprint density at radius 1 is 1.12 bits per heavy atom. The highest BCUT2D eigenvalue weighted by atomic mass is 16.1. The summed E-state index contributed by atoms with van der Waals surface area (Å²) in [5.74, 6) is 0.514. The van der Waals surface area contributed by atoms with Gasteiger partial charge in [0.05, 0.1) is 12.2 Å². The zero-order valence-electron chi connectivity index (χ0n) is 14.9. The smallest absolute Gasteiger partial charge is 0.227 e. The van der Waals surface area contributed by atoms with Crippen molar-refractivity contribution < 1.29 is 4.79 Å². The number of amides is 1. The third kappa shape index (κ3) is 4.35. The lowest BCUT2D eigenvalue weighted by atomic mass is 10.1. The van der Waals surface area contributed by atoms with E-state index in [9.17, 15) is 4.79 Å². The van der Waals surface area contributed by atoms with Crippen LogP contribution >= 0.6 is 0 Å². The maximum atomic E-state index is 12.1. The van der Waals surface area contributed by atoms with E-state index in [0.29, 0.717) is 25.3 Å². The highest BCUT2D eigenvalue weighted by Gasteiger charge is 2.08. The number of nitrogens with one attached hydrogen (secondary N) is 1. The molecular formula is C19H23N5O. The number of hydrogen-bond acceptors (Lipinski definition) is 3. The number of carbonyl (C=O) groups excluding carboxylic acids is 1. The highest BCUT2D eigenvalue weighted by molar-refractivity contribution is 5.89. The molecule has 0 saturated heterocycles. The monoisotopic (exact) mass is 337 g/mol. The summed E-state index contributed by atoms with van der Waals surface area (Å²) in [6, 6.07) is 12.0. The first-order valence-electron chi connectivity index (χ1n) is 8.40. The van der Waals surface area contributed by atoms with Crippen LogP contribution in [0.2, 0.25) is 0 Å². The molecule has 130 valence electrons. The molecule has 0 aliphatic rings.